The third-order valence-corrected chi connectivity index (χ3v) is 5.38. The summed E-state index contributed by atoms with van der Waals surface area (Å²) in [6.07, 6.45) is 0.923. The zero-order valence-electron chi connectivity index (χ0n) is 21.9. The Hall–Kier alpha value is -3.84. The molecule has 0 amide bonds. The van der Waals surface area contributed by atoms with Gasteiger partial charge in [0, 0.05) is 12.5 Å². The van der Waals surface area contributed by atoms with Crippen LogP contribution in [0.2, 0.25) is 0 Å². The van der Waals surface area contributed by atoms with Crippen LogP contribution in [0.4, 0.5) is 0 Å². The molecule has 0 fully saturated rings. The molecule has 0 spiro atoms. The fraction of sp³-hybridized carbons (Fsp3) is 0.333. The lowest BCUT2D eigenvalue weighted by atomic mass is 9.89. The molecule has 0 bridgehead atoms. The summed E-state index contributed by atoms with van der Waals surface area (Å²) >= 11 is 0. The highest BCUT2D eigenvalue weighted by atomic mass is 16.6. The normalized spacial score (nSPS) is 10.2. The van der Waals surface area contributed by atoms with E-state index in [0.29, 0.717) is 31.3 Å². The van der Waals surface area contributed by atoms with Crippen molar-refractivity contribution < 1.29 is 28.5 Å². The smallest absolute Gasteiger partial charge is 0.344 e. The third-order valence-electron chi connectivity index (χ3n) is 5.38. The van der Waals surface area contributed by atoms with Crippen molar-refractivity contribution in [2.24, 2.45) is 5.73 Å². The van der Waals surface area contributed by atoms with Gasteiger partial charge in [0.2, 0.25) is 0 Å². The first kappa shape index (κ1) is 29.4. The molecule has 0 aliphatic heterocycles. The van der Waals surface area contributed by atoms with Gasteiger partial charge in [-0.05, 0) is 61.2 Å². The molecular weight excluding hydrogens is 470 g/mol. The first-order valence-corrected chi connectivity index (χ1v) is 12.5. The lowest BCUT2D eigenvalue weighted by Gasteiger charge is -2.17. The van der Waals surface area contributed by atoms with Crippen molar-refractivity contribution in [1.82, 2.24) is 0 Å². The molecule has 7 nitrogen and oxygen atoms in total. The zero-order chi connectivity index (χ0) is 26.9. The minimum Gasteiger partial charge on any atom is -0.482 e. The van der Waals surface area contributed by atoms with Crippen LogP contribution in [0.15, 0.2) is 78.9 Å². The van der Waals surface area contributed by atoms with E-state index in [1.807, 2.05) is 78.9 Å². The Kier molecular flexibility index (Phi) is 13.3. The summed E-state index contributed by atoms with van der Waals surface area (Å²) in [6, 6.07) is 25.4. The molecular formula is C30H37NO6. The molecule has 0 radical (unpaired) electrons. The maximum Gasteiger partial charge on any atom is 0.344 e. The average molecular weight is 508 g/mol. The molecule has 198 valence electrons. The summed E-state index contributed by atoms with van der Waals surface area (Å²) in [7, 11) is 0. The van der Waals surface area contributed by atoms with Gasteiger partial charge in [-0.15, -0.1) is 0 Å². The van der Waals surface area contributed by atoms with E-state index in [1.165, 1.54) is 5.56 Å². The van der Waals surface area contributed by atoms with Crippen LogP contribution in [0.25, 0.3) is 0 Å². The van der Waals surface area contributed by atoms with Crippen LogP contribution in [0, 0.1) is 0 Å². The van der Waals surface area contributed by atoms with Crippen molar-refractivity contribution in [3.63, 3.8) is 0 Å². The molecule has 0 saturated carbocycles. The van der Waals surface area contributed by atoms with E-state index in [9.17, 15) is 9.59 Å². The minimum atomic E-state index is -0.381. The predicted molar refractivity (Wildman–Crippen MR) is 144 cm³/mol. The van der Waals surface area contributed by atoms with Crippen LogP contribution in [-0.4, -0.2) is 38.4 Å². The maximum absolute atomic E-state index is 11.4. The van der Waals surface area contributed by atoms with Gasteiger partial charge in [-0.1, -0.05) is 61.5 Å². The van der Waals surface area contributed by atoms with E-state index in [2.05, 4.69) is 6.92 Å². The largest absolute Gasteiger partial charge is 0.482 e. The van der Waals surface area contributed by atoms with Gasteiger partial charge in [-0.2, -0.15) is 0 Å². The number of nitrogens with two attached hydrogens (primary N) is 1. The molecule has 3 aromatic rings. The second-order valence-corrected chi connectivity index (χ2v) is 7.98. The number of rotatable bonds is 12. The zero-order valence-corrected chi connectivity index (χ0v) is 21.9. The molecule has 37 heavy (non-hydrogen) atoms. The van der Waals surface area contributed by atoms with E-state index in [-0.39, 0.29) is 31.1 Å². The Morgan fingerprint density at radius 1 is 0.676 bits per heavy atom. The second kappa shape index (κ2) is 16.8. The van der Waals surface area contributed by atoms with E-state index < -0.39 is 0 Å². The second-order valence-electron chi connectivity index (χ2n) is 7.98. The number of hydrogen-bond acceptors (Lipinski definition) is 7. The average Bonchev–Trinajstić information content (AvgIpc) is 2.94. The minimum absolute atomic E-state index is 0.0995. The molecule has 2 N–H and O–H groups in total. The van der Waals surface area contributed by atoms with Crippen molar-refractivity contribution in [3.05, 3.63) is 95.6 Å². The van der Waals surface area contributed by atoms with Crippen molar-refractivity contribution >= 4 is 11.9 Å². The molecule has 3 aromatic carbocycles. The fourth-order valence-electron chi connectivity index (χ4n) is 3.56. The van der Waals surface area contributed by atoms with Crippen LogP contribution >= 0.6 is 0 Å². The van der Waals surface area contributed by atoms with Crippen LogP contribution in [0.1, 0.15) is 49.8 Å². The Labute approximate surface area is 219 Å². The standard InChI is InChI=1S/C23H28O6.C7H9N/c1-4-21(17-7-11-19(12-8-17)28-15-22(24)26-5-2)18-9-13-20(14-10-18)29-16-23(25)27-6-3;8-6-7-4-2-1-3-5-7/h7-14,21H,4-6,15-16H2,1-3H3;1-5H,6,8H2. The Morgan fingerprint density at radius 3 is 1.43 bits per heavy atom. The van der Waals surface area contributed by atoms with Gasteiger partial charge in [0.25, 0.3) is 0 Å². The quantitative estimate of drug-likeness (QED) is 0.334. The van der Waals surface area contributed by atoms with Crippen molar-refractivity contribution in [1.29, 1.82) is 0 Å². The highest BCUT2D eigenvalue weighted by molar-refractivity contribution is 5.71. The molecule has 0 aromatic heterocycles. The predicted octanol–water partition coefficient (Wildman–Crippen LogP) is 5.26. The summed E-state index contributed by atoms with van der Waals surface area (Å²) in [5, 5.41) is 0. The molecule has 0 unspecified atom stereocenters. The maximum atomic E-state index is 11.4. The summed E-state index contributed by atoms with van der Waals surface area (Å²) in [6.45, 7) is 6.77. The highest BCUT2D eigenvalue weighted by Crippen LogP contribution is 2.30. The molecule has 7 heteroatoms. The van der Waals surface area contributed by atoms with E-state index in [1.54, 1.807) is 13.8 Å². The van der Waals surface area contributed by atoms with Gasteiger partial charge < -0.3 is 24.7 Å². The summed E-state index contributed by atoms with van der Waals surface area (Å²) in [5.41, 5.74) is 8.84. The van der Waals surface area contributed by atoms with Gasteiger partial charge in [-0.3, -0.25) is 0 Å². The van der Waals surface area contributed by atoms with Crippen molar-refractivity contribution in [2.45, 2.75) is 39.7 Å². The molecule has 0 heterocycles. The van der Waals surface area contributed by atoms with E-state index in [4.69, 9.17) is 24.7 Å². The Balaban J connectivity index is 0.000000510. The highest BCUT2D eigenvalue weighted by Gasteiger charge is 2.13. The van der Waals surface area contributed by atoms with Crippen molar-refractivity contribution in [2.75, 3.05) is 26.4 Å². The number of carbonyl (C=O) groups excluding carboxylic acids is 2. The van der Waals surface area contributed by atoms with Crippen LogP contribution < -0.4 is 15.2 Å². The number of carbonyl (C=O) groups is 2. The molecule has 0 atom stereocenters. The SMILES string of the molecule is CCOC(=O)COc1ccc(C(CC)c2ccc(OCC(=O)OCC)cc2)cc1.NCc1ccccc1. The van der Waals surface area contributed by atoms with Gasteiger partial charge in [0.05, 0.1) is 13.2 Å². The first-order chi connectivity index (χ1) is 18.0. The Bertz CT molecular complexity index is 986. The fourth-order valence-corrected chi connectivity index (χ4v) is 3.56. The van der Waals surface area contributed by atoms with Gasteiger partial charge in [0.1, 0.15) is 11.5 Å². The Morgan fingerprint density at radius 2 is 1.11 bits per heavy atom. The van der Waals surface area contributed by atoms with E-state index in [0.717, 1.165) is 17.5 Å². The summed E-state index contributed by atoms with van der Waals surface area (Å²) < 4.78 is 20.6. The number of benzene rings is 3. The number of esters is 2. The summed E-state index contributed by atoms with van der Waals surface area (Å²) in [5.74, 6) is 0.702. The van der Waals surface area contributed by atoms with Gasteiger partial charge in [-0.25, -0.2) is 9.59 Å². The van der Waals surface area contributed by atoms with Gasteiger partial charge >= 0.3 is 11.9 Å². The third kappa shape index (κ3) is 10.8. The monoisotopic (exact) mass is 507 g/mol. The lowest BCUT2D eigenvalue weighted by molar-refractivity contribution is -0.146. The molecule has 0 aliphatic rings. The van der Waals surface area contributed by atoms with Crippen LogP contribution in [-0.2, 0) is 25.6 Å². The lowest BCUT2D eigenvalue weighted by Crippen LogP contribution is -2.14. The molecule has 0 saturated heterocycles. The van der Waals surface area contributed by atoms with Crippen LogP contribution in [0.5, 0.6) is 11.5 Å². The number of hydrogen-bond donors (Lipinski definition) is 1. The van der Waals surface area contributed by atoms with Crippen LogP contribution in [0.3, 0.4) is 0 Å². The van der Waals surface area contributed by atoms with Crippen molar-refractivity contribution in [3.8, 4) is 11.5 Å². The molecule has 0 aliphatic carbocycles. The van der Waals surface area contributed by atoms with E-state index >= 15 is 0 Å². The first-order valence-electron chi connectivity index (χ1n) is 12.5. The number of ether oxygens (including phenoxy) is 4. The molecule has 3 rings (SSSR count). The summed E-state index contributed by atoms with van der Waals surface area (Å²) in [4.78, 5) is 22.8. The van der Waals surface area contributed by atoms with Gasteiger partial charge in [0.15, 0.2) is 13.2 Å². The topological polar surface area (TPSA) is 97.1 Å².